The van der Waals surface area contributed by atoms with E-state index in [2.05, 4.69) is 29.6 Å². The maximum Gasteiger partial charge on any atom is 0.411 e. The van der Waals surface area contributed by atoms with E-state index in [1.54, 1.807) is 11.8 Å². The quantitative estimate of drug-likeness (QED) is 0.442. The number of nitrogens with one attached hydrogen (secondary N) is 1. The molecule has 31 heavy (non-hydrogen) atoms. The summed E-state index contributed by atoms with van der Waals surface area (Å²) in [7, 11) is 0. The number of benzene rings is 3. The fraction of sp³-hybridized carbons (Fsp3) is 0.200. The Morgan fingerprint density at radius 2 is 1.61 bits per heavy atom. The van der Waals surface area contributed by atoms with Crippen LogP contribution in [0.2, 0.25) is 0 Å². The minimum absolute atomic E-state index is 0.0233. The third-order valence-electron chi connectivity index (χ3n) is 5.25. The van der Waals surface area contributed by atoms with Crippen molar-refractivity contribution in [2.24, 2.45) is 0 Å². The molecule has 3 aromatic rings. The van der Waals surface area contributed by atoms with Gasteiger partial charge in [0.1, 0.15) is 6.61 Å². The molecule has 0 unspecified atom stereocenters. The number of aliphatic carboxylic acids is 1. The fourth-order valence-corrected chi connectivity index (χ4v) is 4.72. The molecule has 0 atom stereocenters. The molecule has 0 spiro atoms. The number of carboxylic acids is 1. The Bertz CT molecular complexity index is 1050. The lowest BCUT2D eigenvalue weighted by atomic mass is 9.98. The number of carbonyl (C=O) groups is 2. The highest BCUT2D eigenvalue weighted by Crippen LogP contribution is 2.44. The molecule has 6 heteroatoms. The molecule has 5 nitrogen and oxygen atoms in total. The third kappa shape index (κ3) is 5.09. The van der Waals surface area contributed by atoms with Crippen LogP contribution in [0.25, 0.3) is 11.1 Å². The number of amides is 1. The number of anilines is 1. The van der Waals surface area contributed by atoms with E-state index in [4.69, 9.17) is 9.84 Å². The van der Waals surface area contributed by atoms with E-state index < -0.39 is 12.1 Å². The summed E-state index contributed by atoms with van der Waals surface area (Å²) in [6.45, 7) is 0.268. The van der Waals surface area contributed by atoms with Crippen molar-refractivity contribution in [2.45, 2.75) is 18.1 Å². The van der Waals surface area contributed by atoms with Crippen LogP contribution in [-0.2, 0) is 15.3 Å². The van der Waals surface area contributed by atoms with Crippen LogP contribution in [0.5, 0.6) is 0 Å². The Balaban J connectivity index is 1.35. The fourth-order valence-electron chi connectivity index (χ4n) is 3.84. The number of rotatable bonds is 8. The van der Waals surface area contributed by atoms with Gasteiger partial charge in [0, 0.05) is 23.1 Å². The van der Waals surface area contributed by atoms with Gasteiger partial charge in [-0.25, -0.2) is 4.79 Å². The lowest BCUT2D eigenvalue weighted by Crippen LogP contribution is -2.18. The van der Waals surface area contributed by atoms with E-state index in [0.29, 0.717) is 17.2 Å². The second-order valence-corrected chi connectivity index (χ2v) is 8.45. The molecule has 0 aromatic heterocycles. The lowest BCUT2D eigenvalue weighted by Gasteiger charge is -2.15. The predicted molar refractivity (Wildman–Crippen MR) is 124 cm³/mol. The van der Waals surface area contributed by atoms with E-state index in [0.717, 1.165) is 5.56 Å². The van der Waals surface area contributed by atoms with E-state index in [-0.39, 0.29) is 18.9 Å². The SMILES string of the molecule is O=C(O)CCSCc1cccc(NC(=O)OCC2c3ccccc3-c3ccccc32)c1. The standard InChI is InChI=1S/C25H23NO4S/c27-24(28)12-13-31-16-17-6-5-7-18(14-17)26-25(29)30-15-23-21-10-3-1-8-19(21)20-9-2-4-11-22(20)23/h1-11,14,23H,12-13,15-16H2,(H,26,29)(H,27,28). The maximum atomic E-state index is 12.4. The highest BCUT2D eigenvalue weighted by atomic mass is 32.2. The van der Waals surface area contributed by atoms with Gasteiger partial charge in [-0.3, -0.25) is 10.1 Å². The Kier molecular flexibility index (Phi) is 6.57. The molecule has 0 aliphatic heterocycles. The molecule has 0 saturated heterocycles. The summed E-state index contributed by atoms with van der Waals surface area (Å²) in [5, 5.41) is 11.5. The second-order valence-electron chi connectivity index (χ2n) is 7.35. The van der Waals surface area contributed by atoms with Crippen LogP contribution in [0.15, 0.2) is 72.8 Å². The number of carbonyl (C=O) groups excluding carboxylic acids is 1. The largest absolute Gasteiger partial charge is 0.481 e. The Morgan fingerprint density at radius 1 is 0.935 bits per heavy atom. The summed E-state index contributed by atoms with van der Waals surface area (Å²) in [6, 6.07) is 24.0. The van der Waals surface area contributed by atoms with Gasteiger partial charge in [0.05, 0.1) is 6.42 Å². The Labute approximate surface area is 185 Å². The molecule has 0 radical (unpaired) electrons. The van der Waals surface area contributed by atoms with Crippen LogP contribution in [0, 0.1) is 0 Å². The van der Waals surface area contributed by atoms with Crippen molar-refractivity contribution in [3.63, 3.8) is 0 Å². The minimum Gasteiger partial charge on any atom is -0.481 e. The topological polar surface area (TPSA) is 75.6 Å². The normalized spacial score (nSPS) is 12.1. The van der Waals surface area contributed by atoms with Gasteiger partial charge in [0.25, 0.3) is 0 Å². The van der Waals surface area contributed by atoms with Crippen molar-refractivity contribution < 1.29 is 19.4 Å². The number of fused-ring (bicyclic) bond motifs is 3. The van der Waals surface area contributed by atoms with Gasteiger partial charge in [-0.05, 0) is 39.9 Å². The van der Waals surface area contributed by atoms with Crippen LogP contribution in [0.4, 0.5) is 10.5 Å². The van der Waals surface area contributed by atoms with Crippen molar-refractivity contribution in [1.82, 2.24) is 0 Å². The van der Waals surface area contributed by atoms with Gasteiger partial charge >= 0.3 is 12.1 Å². The summed E-state index contributed by atoms with van der Waals surface area (Å²) in [5.74, 6) is 0.473. The zero-order chi connectivity index (χ0) is 21.6. The number of carboxylic acid groups (broad SMARTS) is 1. The monoisotopic (exact) mass is 433 g/mol. The molecule has 158 valence electrons. The third-order valence-corrected chi connectivity index (χ3v) is 6.28. The van der Waals surface area contributed by atoms with Crippen molar-refractivity contribution >= 4 is 29.5 Å². The second kappa shape index (κ2) is 9.71. The molecule has 1 aliphatic carbocycles. The van der Waals surface area contributed by atoms with E-state index in [1.165, 1.54) is 22.3 Å². The molecule has 0 fully saturated rings. The van der Waals surface area contributed by atoms with Gasteiger partial charge in [0.2, 0.25) is 0 Å². The van der Waals surface area contributed by atoms with Crippen molar-refractivity contribution in [1.29, 1.82) is 0 Å². The number of hydrogen-bond donors (Lipinski definition) is 2. The first-order valence-corrected chi connectivity index (χ1v) is 11.3. The first kappa shape index (κ1) is 21.0. The first-order valence-electron chi connectivity index (χ1n) is 10.1. The molecule has 0 saturated carbocycles. The molecule has 3 aromatic carbocycles. The summed E-state index contributed by atoms with van der Waals surface area (Å²) in [4.78, 5) is 23.0. The smallest absolute Gasteiger partial charge is 0.411 e. The van der Waals surface area contributed by atoms with Crippen molar-refractivity contribution in [2.75, 3.05) is 17.7 Å². The molecular weight excluding hydrogens is 410 g/mol. The molecule has 0 heterocycles. The number of hydrogen-bond acceptors (Lipinski definition) is 4. The summed E-state index contributed by atoms with van der Waals surface area (Å²) >= 11 is 1.55. The zero-order valence-electron chi connectivity index (χ0n) is 16.9. The van der Waals surface area contributed by atoms with Gasteiger partial charge in [0.15, 0.2) is 0 Å². The van der Waals surface area contributed by atoms with Gasteiger partial charge in [-0.2, -0.15) is 11.8 Å². The highest BCUT2D eigenvalue weighted by molar-refractivity contribution is 7.98. The number of ether oxygens (including phenoxy) is 1. The Morgan fingerprint density at radius 3 is 2.29 bits per heavy atom. The summed E-state index contributed by atoms with van der Waals surface area (Å²) < 4.78 is 5.59. The van der Waals surface area contributed by atoms with Crippen LogP contribution in [0.3, 0.4) is 0 Å². The van der Waals surface area contributed by atoms with Crippen LogP contribution in [-0.4, -0.2) is 29.5 Å². The van der Waals surface area contributed by atoms with E-state index >= 15 is 0 Å². The van der Waals surface area contributed by atoms with Gasteiger partial charge < -0.3 is 9.84 Å². The van der Waals surface area contributed by atoms with Crippen LogP contribution in [0.1, 0.15) is 29.0 Å². The van der Waals surface area contributed by atoms with E-state index in [9.17, 15) is 9.59 Å². The maximum absolute atomic E-state index is 12.4. The van der Waals surface area contributed by atoms with Gasteiger partial charge in [-0.1, -0.05) is 60.7 Å². The van der Waals surface area contributed by atoms with Crippen molar-refractivity contribution in [3.05, 3.63) is 89.5 Å². The van der Waals surface area contributed by atoms with Crippen LogP contribution >= 0.6 is 11.8 Å². The highest BCUT2D eigenvalue weighted by Gasteiger charge is 2.28. The molecule has 1 aliphatic rings. The summed E-state index contributed by atoms with van der Waals surface area (Å²) in [5.41, 5.74) is 6.43. The minimum atomic E-state index is -0.793. The zero-order valence-corrected chi connectivity index (χ0v) is 17.7. The summed E-state index contributed by atoms with van der Waals surface area (Å²) in [6.07, 6.45) is -0.347. The molecule has 0 bridgehead atoms. The average molecular weight is 434 g/mol. The predicted octanol–water partition coefficient (Wildman–Crippen LogP) is 5.76. The van der Waals surface area contributed by atoms with E-state index in [1.807, 2.05) is 48.5 Å². The van der Waals surface area contributed by atoms with Crippen LogP contribution < -0.4 is 5.32 Å². The van der Waals surface area contributed by atoms with Crippen molar-refractivity contribution in [3.8, 4) is 11.1 Å². The number of thioether (sulfide) groups is 1. The first-order chi connectivity index (χ1) is 15.1. The molecule has 1 amide bonds. The molecule has 4 rings (SSSR count). The lowest BCUT2D eigenvalue weighted by molar-refractivity contribution is -0.136. The Hall–Kier alpha value is -3.25. The molecular formula is C25H23NO4S. The van der Waals surface area contributed by atoms with Gasteiger partial charge in [-0.15, -0.1) is 0 Å². The molecule has 2 N–H and O–H groups in total. The average Bonchev–Trinajstić information content (AvgIpc) is 3.09.